The van der Waals surface area contributed by atoms with Crippen LogP contribution in [0.2, 0.25) is 0 Å². The van der Waals surface area contributed by atoms with Crippen LogP contribution in [0.5, 0.6) is 0 Å². The molecule has 1 fully saturated rings. The summed E-state index contributed by atoms with van der Waals surface area (Å²) in [6, 6.07) is 0. The Labute approximate surface area is 97.4 Å². The Morgan fingerprint density at radius 3 is 2.75 bits per heavy atom. The number of hydrogen-bond donors (Lipinski definition) is 2. The second kappa shape index (κ2) is 8.53. The second-order valence-electron chi connectivity index (χ2n) is 4.38. The van der Waals surface area contributed by atoms with Gasteiger partial charge < -0.3 is 15.2 Å². The molecule has 16 heavy (non-hydrogen) atoms. The smallest absolute Gasteiger partial charge is 0.220 e. The van der Waals surface area contributed by atoms with Crippen LogP contribution >= 0.6 is 0 Å². The normalized spacial score (nSPS) is 16.6. The van der Waals surface area contributed by atoms with E-state index in [9.17, 15) is 4.79 Å². The molecular weight excluding hydrogens is 206 g/mol. The molecule has 1 aliphatic carbocycles. The Bertz CT molecular complexity index is 191. The van der Waals surface area contributed by atoms with Crippen molar-refractivity contribution < 1.29 is 14.6 Å². The first kappa shape index (κ1) is 13.5. The minimum Gasteiger partial charge on any atom is -0.394 e. The lowest BCUT2D eigenvalue weighted by atomic mass is 10.0. The van der Waals surface area contributed by atoms with Crippen molar-refractivity contribution in [2.24, 2.45) is 5.92 Å². The number of aliphatic hydroxyl groups is 1. The minimum absolute atomic E-state index is 0.0373. The van der Waals surface area contributed by atoms with Crippen molar-refractivity contribution >= 4 is 5.91 Å². The van der Waals surface area contributed by atoms with Gasteiger partial charge in [0.25, 0.3) is 0 Å². The topological polar surface area (TPSA) is 58.6 Å². The van der Waals surface area contributed by atoms with Crippen LogP contribution in [-0.4, -0.2) is 37.4 Å². The summed E-state index contributed by atoms with van der Waals surface area (Å²) in [5, 5.41) is 11.3. The molecule has 0 radical (unpaired) electrons. The molecule has 0 bridgehead atoms. The SMILES string of the molecule is O=C(CCC1CCCC1)NCCOCCO. The van der Waals surface area contributed by atoms with Crippen LogP contribution < -0.4 is 5.32 Å². The minimum atomic E-state index is 0.0373. The molecule has 1 rings (SSSR count). The first-order valence-electron chi connectivity index (χ1n) is 6.28. The average molecular weight is 229 g/mol. The van der Waals surface area contributed by atoms with E-state index in [2.05, 4.69) is 5.32 Å². The summed E-state index contributed by atoms with van der Waals surface area (Å²) in [4.78, 5) is 11.4. The first-order valence-corrected chi connectivity index (χ1v) is 6.28. The maximum Gasteiger partial charge on any atom is 0.220 e. The van der Waals surface area contributed by atoms with Crippen molar-refractivity contribution in [3.63, 3.8) is 0 Å². The number of carbonyl (C=O) groups is 1. The zero-order valence-electron chi connectivity index (χ0n) is 9.91. The molecule has 4 heteroatoms. The average Bonchev–Trinajstić information content (AvgIpc) is 2.79. The second-order valence-corrected chi connectivity index (χ2v) is 4.38. The molecule has 4 nitrogen and oxygen atoms in total. The van der Waals surface area contributed by atoms with Gasteiger partial charge in [-0.25, -0.2) is 0 Å². The number of rotatable bonds is 8. The molecule has 0 aromatic heterocycles. The number of nitrogens with one attached hydrogen (secondary N) is 1. The number of amides is 1. The Morgan fingerprint density at radius 2 is 2.06 bits per heavy atom. The molecule has 0 aromatic rings. The number of hydrogen-bond acceptors (Lipinski definition) is 3. The van der Waals surface area contributed by atoms with E-state index in [1.165, 1.54) is 25.7 Å². The molecule has 0 atom stereocenters. The van der Waals surface area contributed by atoms with Crippen LogP contribution in [0, 0.1) is 5.92 Å². The van der Waals surface area contributed by atoms with Crippen molar-refractivity contribution in [1.29, 1.82) is 0 Å². The third-order valence-electron chi connectivity index (χ3n) is 3.06. The van der Waals surface area contributed by atoms with Gasteiger partial charge in [0.15, 0.2) is 0 Å². The van der Waals surface area contributed by atoms with Gasteiger partial charge in [-0.3, -0.25) is 4.79 Å². The van der Waals surface area contributed by atoms with E-state index >= 15 is 0 Å². The molecule has 0 saturated heterocycles. The van der Waals surface area contributed by atoms with Gasteiger partial charge in [-0.15, -0.1) is 0 Å². The zero-order valence-corrected chi connectivity index (χ0v) is 9.91. The third-order valence-corrected chi connectivity index (χ3v) is 3.06. The third kappa shape index (κ3) is 6.08. The van der Waals surface area contributed by atoms with Crippen LogP contribution in [0.4, 0.5) is 0 Å². The van der Waals surface area contributed by atoms with E-state index in [0.29, 0.717) is 26.2 Å². The lowest BCUT2D eigenvalue weighted by Crippen LogP contribution is -2.27. The highest BCUT2D eigenvalue weighted by atomic mass is 16.5. The van der Waals surface area contributed by atoms with Gasteiger partial charge >= 0.3 is 0 Å². The van der Waals surface area contributed by atoms with E-state index in [1.807, 2.05) is 0 Å². The molecule has 94 valence electrons. The van der Waals surface area contributed by atoms with Crippen LogP contribution in [0.15, 0.2) is 0 Å². The molecule has 0 heterocycles. The summed E-state index contributed by atoms with van der Waals surface area (Å²) >= 11 is 0. The number of ether oxygens (including phenoxy) is 1. The Hall–Kier alpha value is -0.610. The molecule has 0 spiro atoms. The number of carbonyl (C=O) groups excluding carboxylic acids is 1. The standard InChI is InChI=1S/C12H23NO3/c14-8-10-16-9-7-13-12(15)6-5-11-3-1-2-4-11/h11,14H,1-10H2,(H,13,15). The molecule has 0 aromatic carbocycles. The van der Waals surface area contributed by atoms with E-state index < -0.39 is 0 Å². The highest BCUT2D eigenvalue weighted by Crippen LogP contribution is 2.28. The highest BCUT2D eigenvalue weighted by Gasteiger charge is 2.15. The van der Waals surface area contributed by atoms with Gasteiger partial charge in [0.1, 0.15) is 0 Å². The maximum atomic E-state index is 11.4. The molecule has 1 amide bonds. The van der Waals surface area contributed by atoms with Gasteiger partial charge in [-0.2, -0.15) is 0 Å². The lowest BCUT2D eigenvalue weighted by molar-refractivity contribution is -0.121. The monoisotopic (exact) mass is 229 g/mol. The van der Waals surface area contributed by atoms with Crippen LogP contribution in [0.25, 0.3) is 0 Å². The fraction of sp³-hybridized carbons (Fsp3) is 0.917. The predicted octanol–water partition coefficient (Wildman–Crippen LogP) is 1.08. The van der Waals surface area contributed by atoms with E-state index in [4.69, 9.17) is 9.84 Å². The maximum absolute atomic E-state index is 11.4. The van der Waals surface area contributed by atoms with Crippen molar-refractivity contribution in [2.45, 2.75) is 38.5 Å². The molecule has 1 aliphatic rings. The van der Waals surface area contributed by atoms with Crippen molar-refractivity contribution in [1.82, 2.24) is 5.32 Å². The van der Waals surface area contributed by atoms with E-state index in [1.54, 1.807) is 0 Å². The quantitative estimate of drug-likeness (QED) is 0.612. The molecule has 1 saturated carbocycles. The summed E-state index contributed by atoms with van der Waals surface area (Å²) in [5.74, 6) is 0.899. The fourth-order valence-corrected chi connectivity index (χ4v) is 2.15. The summed E-state index contributed by atoms with van der Waals surface area (Å²) in [6.45, 7) is 1.41. The summed E-state index contributed by atoms with van der Waals surface area (Å²) in [5.41, 5.74) is 0. The van der Waals surface area contributed by atoms with Gasteiger partial charge in [0.2, 0.25) is 5.91 Å². The largest absolute Gasteiger partial charge is 0.394 e. The highest BCUT2D eigenvalue weighted by molar-refractivity contribution is 5.75. The van der Waals surface area contributed by atoms with Crippen molar-refractivity contribution in [2.75, 3.05) is 26.4 Å². The Morgan fingerprint density at radius 1 is 1.31 bits per heavy atom. The van der Waals surface area contributed by atoms with E-state index in [-0.39, 0.29) is 12.5 Å². The van der Waals surface area contributed by atoms with Crippen LogP contribution in [-0.2, 0) is 9.53 Å². The van der Waals surface area contributed by atoms with Crippen molar-refractivity contribution in [3.8, 4) is 0 Å². The fourth-order valence-electron chi connectivity index (χ4n) is 2.15. The number of aliphatic hydroxyl groups excluding tert-OH is 1. The van der Waals surface area contributed by atoms with Crippen molar-refractivity contribution in [3.05, 3.63) is 0 Å². The predicted molar refractivity (Wildman–Crippen MR) is 62.1 cm³/mol. The van der Waals surface area contributed by atoms with Crippen LogP contribution in [0.3, 0.4) is 0 Å². The summed E-state index contributed by atoms with van der Waals surface area (Å²) in [6.07, 6.45) is 6.94. The molecule has 0 aliphatic heterocycles. The van der Waals surface area contributed by atoms with E-state index in [0.717, 1.165) is 12.3 Å². The van der Waals surface area contributed by atoms with Gasteiger partial charge in [-0.1, -0.05) is 25.7 Å². The summed E-state index contributed by atoms with van der Waals surface area (Å²) in [7, 11) is 0. The van der Waals surface area contributed by atoms with Gasteiger partial charge in [-0.05, 0) is 12.3 Å². The zero-order chi connectivity index (χ0) is 11.6. The first-order chi connectivity index (χ1) is 7.83. The molecule has 2 N–H and O–H groups in total. The molecular formula is C12H23NO3. The van der Waals surface area contributed by atoms with Crippen LogP contribution in [0.1, 0.15) is 38.5 Å². The van der Waals surface area contributed by atoms with Gasteiger partial charge in [0.05, 0.1) is 19.8 Å². The molecule has 0 unspecified atom stereocenters. The Balaban J connectivity index is 1.90. The lowest BCUT2D eigenvalue weighted by Gasteiger charge is -2.09. The van der Waals surface area contributed by atoms with Gasteiger partial charge in [0, 0.05) is 13.0 Å². The summed E-state index contributed by atoms with van der Waals surface area (Å²) < 4.78 is 5.05. The Kier molecular flexibility index (Phi) is 7.17.